The first-order chi connectivity index (χ1) is 13.0. The van der Waals surface area contributed by atoms with Crippen LogP contribution in [0.3, 0.4) is 0 Å². The smallest absolute Gasteiger partial charge is 0.337 e. The predicted molar refractivity (Wildman–Crippen MR) is 103 cm³/mol. The number of anilines is 1. The number of benzene rings is 3. The molecule has 0 aliphatic heterocycles. The molecule has 0 bridgehead atoms. The highest BCUT2D eigenvalue weighted by Gasteiger charge is 2.16. The fourth-order valence-electron chi connectivity index (χ4n) is 2.55. The van der Waals surface area contributed by atoms with Gasteiger partial charge in [0.1, 0.15) is 5.82 Å². The molecular weight excluding hydrogens is 345 g/mol. The molecule has 0 aliphatic rings. The van der Waals surface area contributed by atoms with Crippen LogP contribution in [0.1, 0.15) is 31.8 Å². The average Bonchev–Trinajstić information content (AvgIpc) is 2.67. The normalized spacial score (nSPS) is 10.7. The SMILES string of the molecule is O=C(Nc1cc(C=Cc2ccccc2)ccc1C(=O)O)c1ccccc1F. The van der Waals surface area contributed by atoms with Crippen LogP contribution in [0.5, 0.6) is 0 Å². The van der Waals surface area contributed by atoms with Crippen molar-refractivity contribution in [2.45, 2.75) is 0 Å². The molecule has 3 rings (SSSR count). The maximum atomic E-state index is 13.8. The van der Waals surface area contributed by atoms with Crippen LogP contribution in [0.25, 0.3) is 12.2 Å². The summed E-state index contributed by atoms with van der Waals surface area (Å²) in [6.07, 6.45) is 3.68. The van der Waals surface area contributed by atoms with Crippen molar-refractivity contribution in [2.75, 3.05) is 5.32 Å². The molecule has 0 saturated carbocycles. The van der Waals surface area contributed by atoms with Crippen LogP contribution in [0.2, 0.25) is 0 Å². The van der Waals surface area contributed by atoms with Crippen LogP contribution in [-0.4, -0.2) is 17.0 Å². The van der Waals surface area contributed by atoms with Gasteiger partial charge in [-0.25, -0.2) is 9.18 Å². The average molecular weight is 361 g/mol. The topological polar surface area (TPSA) is 66.4 Å². The van der Waals surface area contributed by atoms with Crippen molar-refractivity contribution in [1.82, 2.24) is 0 Å². The van der Waals surface area contributed by atoms with Gasteiger partial charge in [0.05, 0.1) is 16.8 Å². The molecular formula is C22H16FNO3. The standard InChI is InChI=1S/C22H16FNO3/c23-19-9-5-4-8-17(19)21(25)24-20-14-16(12-13-18(20)22(26)27)11-10-15-6-2-1-3-7-15/h1-14H,(H,24,25)(H,26,27). The lowest BCUT2D eigenvalue weighted by Crippen LogP contribution is -2.16. The van der Waals surface area contributed by atoms with Crippen molar-refractivity contribution in [3.05, 3.63) is 101 Å². The number of carboxylic acid groups (broad SMARTS) is 1. The lowest BCUT2D eigenvalue weighted by atomic mass is 10.1. The summed E-state index contributed by atoms with van der Waals surface area (Å²) in [7, 11) is 0. The maximum Gasteiger partial charge on any atom is 0.337 e. The van der Waals surface area contributed by atoms with Gasteiger partial charge in [-0.2, -0.15) is 0 Å². The lowest BCUT2D eigenvalue weighted by Gasteiger charge is -2.10. The van der Waals surface area contributed by atoms with Gasteiger partial charge in [-0.1, -0.05) is 60.7 Å². The van der Waals surface area contributed by atoms with E-state index in [1.807, 2.05) is 36.4 Å². The van der Waals surface area contributed by atoms with Crippen LogP contribution in [0.15, 0.2) is 72.8 Å². The van der Waals surface area contributed by atoms with Gasteiger partial charge >= 0.3 is 5.97 Å². The molecule has 3 aromatic rings. The number of carbonyl (C=O) groups is 2. The Morgan fingerprint density at radius 1 is 0.815 bits per heavy atom. The number of carboxylic acids is 1. The van der Waals surface area contributed by atoms with Gasteiger partial charge in [0.15, 0.2) is 0 Å². The largest absolute Gasteiger partial charge is 0.478 e. The summed E-state index contributed by atoms with van der Waals surface area (Å²) in [5.41, 5.74) is 1.56. The maximum absolute atomic E-state index is 13.8. The van der Waals surface area contributed by atoms with E-state index >= 15 is 0 Å². The van der Waals surface area contributed by atoms with Gasteiger partial charge < -0.3 is 10.4 Å². The summed E-state index contributed by atoms with van der Waals surface area (Å²) >= 11 is 0. The van der Waals surface area contributed by atoms with Crippen LogP contribution < -0.4 is 5.32 Å². The zero-order valence-corrected chi connectivity index (χ0v) is 14.2. The van der Waals surface area contributed by atoms with Gasteiger partial charge in [-0.15, -0.1) is 0 Å². The minimum Gasteiger partial charge on any atom is -0.478 e. The van der Waals surface area contributed by atoms with Crippen molar-refractivity contribution in [2.24, 2.45) is 0 Å². The van der Waals surface area contributed by atoms with Crippen molar-refractivity contribution in [3.63, 3.8) is 0 Å². The number of halogens is 1. The molecule has 1 amide bonds. The fourth-order valence-corrected chi connectivity index (χ4v) is 2.55. The second-order valence-corrected chi connectivity index (χ2v) is 5.79. The fraction of sp³-hybridized carbons (Fsp3) is 0. The Hall–Kier alpha value is -3.73. The van der Waals surface area contributed by atoms with Gasteiger partial charge in [0.2, 0.25) is 0 Å². The van der Waals surface area contributed by atoms with E-state index < -0.39 is 17.7 Å². The van der Waals surface area contributed by atoms with Crippen molar-refractivity contribution >= 4 is 29.7 Å². The molecule has 134 valence electrons. The summed E-state index contributed by atoms with van der Waals surface area (Å²) in [4.78, 5) is 23.8. The minimum atomic E-state index is -1.18. The lowest BCUT2D eigenvalue weighted by molar-refractivity contribution is 0.0698. The molecule has 0 radical (unpaired) electrons. The first-order valence-electron chi connectivity index (χ1n) is 8.21. The molecule has 3 aromatic carbocycles. The second kappa shape index (κ2) is 8.10. The van der Waals surface area contributed by atoms with Crippen LogP contribution >= 0.6 is 0 Å². The van der Waals surface area contributed by atoms with Gasteiger partial charge in [-0.05, 0) is 35.4 Å². The molecule has 0 aromatic heterocycles. The zero-order chi connectivity index (χ0) is 19.2. The summed E-state index contributed by atoms with van der Waals surface area (Å²) in [6, 6.07) is 19.7. The summed E-state index contributed by atoms with van der Waals surface area (Å²) in [6.45, 7) is 0. The quantitative estimate of drug-likeness (QED) is 0.632. The Labute approximate surface area is 155 Å². The first kappa shape index (κ1) is 18.1. The Bertz CT molecular complexity index is 1010. The minimum absolute atomic E-state index is 0.0726. The van der Waals surface area contributed by atoms with Crippen LogP contribution in [0.4, 0.5) is 10.1 Å². The third-order valence-electron chi connectivity index (χ3n) is 3.91. The van der Waals surface area contributed by atoms with E-state index in [9.17, 15) is 19.1 Å². The zero-order valence-electron chi connectivity index (χ0n) is 14.2. The molecule has 0 unspecified atom stereocenters. The number of nitrogens with one attached hydrogen (secondary N) is 1. The highest BCUT2D eigenvalue weighted by Crippen LogP contribution is 2.21. The molecule has 0 heterocycles. The molecule has 27 heavy (non-hydrogen) atoms. The number of carbonyl (C=O) groups excluding carboxylic acids is 1. The molecule has 0 fully saturated rings. The summed E-state index contributed by atoms with van der Waals surface area (Å²) < 4.78 is 13.8. The van der Waals surface area contributed by atoms with E-state index in [-0.39, 0.29) is 16.8 Å². The molecule has 2 N–H and O–H groups in total. The van der Waals surface area contributed by atoms with E-state index in [0.717, 1.165) is 5.56 Å². The third-order valence-corrected chi connectivity index (χ3v) is 3.91. The van der Waals surface area contributed by atoms with Gasteiger partial charge in [0.25, 0.3) is 5.91 Å². The Balaban J connectivity index is 1.90. The highest BCUT2D eigenvalue weighted by atomic mass is 19.1. The van der Waals surface area contributed by atoms with E-state index in [4.69, 9.17) is 0 Å². The molecule has 0 atom stereocenters. The van der Waals surface area contributed by atoms with E-state index in [2.05, 4.69) is 5.32 Å². The number of aromatic carboxylic acids is 1. The van der Waals surface area contributed by atoms with E-state index in [0.29, 0.717) is 5.56 Å². The Morgan fingerprint density at radius 2 is 1.48 bits per heavy atom. The van der Waals surface area contributed by atoms with Crippen molar-refractivity contribution in [3.8, 4) is 0 Å². The van der Waals surface area contributed by atoms with Crippen LogP contribution in [-0.2, 0) is 0 Å². The highest BCUT2D eigenvalue weighted by molar-refractivity contribution is 6.08. The molecule has 0 aliphatic carbocycles. The van der Waals surface area contributed by atoms with Crippen molar-refractivity contribution < 1.29 is 19.1 Å². The van der Waals surface area contributed by atoms with Gasteiger partial charge in [-0.3, -0.25) is 4.79 Å². The number of hydrogen-bond acceptors (Lipinski definition) is 2. The van der Waals surface area contributed by atoms with E-state index in [1.165, 1.54) is 30.3 Å². The molecule has 0 spiro atoms. The second-order valence-electron chi connectivity index (χ2n) is 5.79. The van der Waals surface area contributed by atoms with Crippen molar-refractivity contribution in [1.29, 1.82) is 0 Å². The monoisotopic (exact) mass is 361 g/mol. The van der Waals surface area contributed by atoms with E-state index in [1.54, 1.807) is 18.2 Å². The number of amides is 1. The third kappa shape index (κ3) is 4.46. The van der Waals surface area contributed by atoms with Gasteiger partial charge in [0, 0.05) is 0 Å². The molecule has 4 nitrogen and oxygen atoms in total. The Kier molecular flexibility index (Phi) is 5.42. The van der Waals surface area contributed by atoms with Crippen LogP contribution in [0, 0.1) is 5.82 Å². The molecule has 0 saturated heterocycles. The summed E-state index contributed by atoms with van der Waals surface area (Å²) in [5.74, 6) is -2.57. The number of hydrogen-bond donors (Lipinski definition) is 2. The Morgan fingerprint density at radius 3 is 2.19 bits per heavy atom. The first-order valence-corrected chi connectivity index (χ1v) is 8.21. The summed E-state index contributed by atoms with van der Waals surface area (Å²) in [5, 5.41) is 11.9. The number of rotatable bonds is 5. The molecule has 5 heteroatoms. The predicted octanol–water partition coefficient (Wildman–Crippen LogP) is 4.95.